The van der Waals surface area contributed by atoms with Crippen molar-refractivity contribution in [1.29, 1.82) is 0 Å². The summed E-state index contributed by atoms with van der Waals surface area (Å²) in [4.78, 5) is 26.7. The van der Waals surface area contributed by atoms with Crippen LogP contribution in [0.4, 0.5) is 5.69 Å². The van der Waals surface area contributed by atoms with Gasteiger partial charge >= 0.3 is 0 Å². The van der Waals surface area contributed by atoms with Gasteiger partial charge in [-0.25, -0.2) is 0 Å². The van der Waals surface area contributed by atoms with Crippen LogP contribution >= 0.6 is 0 Å². The number of carbonyl (C=O) groups excluding carboxylic acids is 2. The number of rotatable bonds is 5. The van der Waals surface area contributed by atoms with Gasteiger partial charge in [-0.1, -0.05) is 42.5 Å². The molecule has 1 amide bonds. The Balaban J connectivity index is 1.84. The van der Waals surface area contributed by atoms with E-state index in [4.69, 9.17) is 4.74 Å². The maximum absolute atomic E-state index is 13.0. The smallest absolute Gasteiger partial charge is 0.246 e. The highest BCUT2D eigenvalue weighted by Crippen LogP contribution is 2.24. The summed E-state index contributed by atoms with van der Waals surface area (Å²) in [5.74, 6) is -0.127. The van der Waals surface area contributed by atoms with E-state index in [1.807, 2.05) is 30.3 Å². The Morgan fingerprint density at radius 1 is 1.04 bits per heavy atom. The summed E-state index contributed by atoms with van der Waals surface area (Å²) in [6.07, 6.45) is 0. The molecule has 0 radical (unpaired) electrons. The Morgan fingerprint density at radius 2 is 1.76 bits per heavy atom. The molecule has 0 saturated carbocycles. The van der Waals surface area contributed by atoms with Crippen LogP contribution in [0.15, 0.2) is 54.6 Å². The molecular formula is C20H22N2O3. The van der Waals surface area contributed by atoms with Crippen molar-refractivity contribution >= 4 is 17.4 Å². The molecule has 3 rings (SSSR count). The minimum atomic E-state index is -0.383. The van der Waals surface area contributed by atoms with Crippen molar-refractivity contribution in [3.8, 4) is 0 Å². The molecule has 0 aliphatic carbocycles. The van der Waals surface area contributed by atoms with E-state index in [0.29, 0.717) is 37.6 Å². The van der Waals surface area contributed by atoms with Crippen molar-refractivity contribution in [3.05, 3.63) is 65.7 Å². The molecule has 5 heteroatoms. The molecule has 1 atom stereocenters. The van der Waals surface area contributed by atoms with E-state index in [1.54, 1.807) is 24.3 Å². The molecule has 5 nitrogen and oxygen atoms in total. The van der Waals surface area contributed by atoms with E-state index < -0.39 is 0 Å². The number of anilines is 1. The van der Waals surface area contributed by atoms with Gasteiger partial charge in [-0.3, -0.25) is 14.5 Å². The molecule has 1 N–H and O–H groups in total. The summed E-state index contributed by atoms with van der Waals surface area (Å²) in [6, 6.07) is 16.4. The van der Waals surface area contributed by atoms with E-state index in [-0.39, 0.29) is 17.7 Å². The second-order valence-electron chi connectivity index (χ2n) is 6.09. The van der Waals surface area contributed by atoms with Crippen LogP contribution in [0.5, 0.6) is 0 Å². The third-order valence-electron chi connectivity index (χ3n) is 4.31. The third-order valence-corrected chi connectivity index (χ3v) is 4.31. The first-order chi connectivity index (χ1) is 12.1. The second-order valence-corrected chi connectivity index (χ2v) is 6.09. The first-order valence-electron chi connectivity index (χ1n) is 8.44. The predicted octanol–water partition coefficient (Wildman–Crippen LogP) is 2.90. The first-order valence-corrected chi connectivity index (χ1v) is 8.44. The van der Waals surface area contributed by atoms with Crippen molar-refractivity contribution < 1.29 is 14.3 Å². The van der Waals surface area contributed by atoms with Crippen LogP contribution in [-0.2, 0) is 9.53 Å². The number of benzene rings is 2. The van der Waals surface area contributed by atoms with Gasteiger partial charge in [0.25, 0.3) is 0 Å². The summed E-state index contributed by atoms with van der Waals surface area (Å²) in [7, 11) is 0. The maximum Gasteiger partial charge on any atom is 0.246 e. The minimum absolute atomic E-state index is 0.0242. The van der Waals surface area contributed by atoms with E-state index in [1.165, 1.54) is 6.92 Å². The van der Waals surface area contributed by atoms with Crippen LogP contribution in [0.2, 0.25) is 0 Å². The lowest BCUT2D eigenvalue weighted by molar-refractivity contribution is -0.123. The molecule has 0 spiro atoms. The maximum atomic E-state index is 13.0. The molecule has 1 heterocycles. The monoisotopic (exact) mass is 338 g/mol. The van der Waals surface area contributed by atoms with Gasteiger partial charge in [-0.15, -0.1) is 0 Å². The van der Waals surface area contributed by atoms with Crippen LogP contribution in [0, 0.1) is 0 Å². The summed E-state index contributed by atoms with van der Waals surface area (Å²) >= 11 is 0. The molecule has 25 heavy (non-hydrogen) atoms. The fourth-order valence-corrected chi connectivity index (χ4v) is 3.03. The van der Waals surface area contributed by atoms with Gasteiger partial charge in [-0.05, 0) is 24.6 Å². The lowest BCUT2D eigenvalue weighted by Gasteiger charge is -2.33. The standard InChI is InChI=1S/C20H22N2O3/c1-15(23)17-8-5-9-18(14-17)21-20(24)19(16-6-3-2-4-7-16)22-10-12-25-13-11-22/h2-9,14,19H,10-13H2,1H3,(H,21,24). The Bertz CT molecular complexity index is 740. The van der Waals surface area contributed by atoms with E-state index in [2.05, 4.69) is 10.2 Å². The van der Waals surface area contributed by atoms with Crippen LogP contribution in [0.25, 0.3) is 0 Å². The van der Waals surface area contributed by atoms with Gasteiger partial charge in [0, 0.05) is 24.3 Å². The highest BCUT2D eigenvalue weighted by molar-refractivity contribution is 5.98. The van der Waals surface area contributed by atoms with Crippen LogP contribution < -0.4 is 5.32 Å². The van der Waals surface area contributed by atoms with Gasteiger partial charge < -0.3 is 10.1 Å². The Hall–Kier alpha value is -2.50. The van der Waals surface area contributed by atoms with Crippen molar-refractivity contribution in [2.45, 2.75) is 13.0 Å². The van der Waals surface area contributed by atoms with Crippen LogP contribution in [-0.4, -0.2) is 42.9 Å². The molecule has 1 unspecified atom stereocenters. The number of hydrogen-bond acceptors (Lipinski definition) is 4. The molecule has 0 aromatic heterocycles. The lowest BCUT2D eigenvalue weighted by Crippen LogP contribution is -2.43. The molecule has 0 bridgehead atoms. The van der Waals surface area contributed by atoms with Gasteiger partial charge in [-0.2, -0.15) is 0 Å². The normalized spacial score (nSPS) is 16.2. The zero-order valence-electron chi connectivity index (χ0n) is 14.3. The minimum Gasteiger partial charge on any atom is -0.379 e. The fraction of sp³-hybridized carbons (Fsp3) is 0.300. The first kappa shape index (κ1) is 17.3. The summed E-state index contributed by atoms with van der Waals surface area (Å²) in [5.41, 5.74) is 2.16. The van der Waals surface area contributed by atoms with Gasteiger partial charge in [0.05, 0.1) is 13.2 Å². The Labute approximate surface area is 147 Å². The average molecular weight is 338 g/mol. The summed E-state index contributed by atoms with van der Waals surface area (Å²) in [5, 5.41) is 2.96. The van der Waals surface area contributed by atoms with Crippen molar-refractivity contribution in [1.82, 2.24) is 4.90 Å². The van der Waals surface area contributed by atoms with Gasteiger partial charge in [0.2, 0.25) is 5.91 Å². The van der Waals surface area contributed by atoms with E-state index in [9.17, 15) is 9.59 Å². The third kappa shape index (κ3) is 4.32. The van der Waals surface area contributed by atoms with Crippen molar-refractivity contribution in [2.24, 2.45) is 0 Å². The van der Waals surface area contributed by atoms with E-state index in [0.717, 1.165) is 5.56 Å². The Kier molecular flexibility index (Phi) is 5.58. The Morgan fingerprint density at radius 3 is 2.44 bits per heavy atom. The molecule has 130 valence electrons. The summed E-state index contributed by atoms with van der Waals surface area (Å²) < 4.78 is 5.41. The molecule has 2 aromatic rings. The zero-order chi connectivity index (χ0) is 17.6. The molecule has 1 aliphatic heterocycles. The summed E-state index contributed by atoms with van der Waals surface area (Å²) in [6.45, 7) is 4.18. The lowest BCUT2D eigenvalue weighted by atomic mass is 10.0. The van der Waals surface area contributed by atoms with Crippen LogP contribution in [0.1, 0.15) is 28.9 Å². The van der Waals surface area contributed by atoms with Crippen LogP contribution in [0.3, 0.4) is 0 Å². The van der Waals surface area contributed by atoms with Gasteiger partial charge in [0.1, 0.15) is 6.04 Å². The average Bonchev–Trinajstić information content (AvgIpc) is 2.64. The molecule has 2 aromatic carbocycles. The number of amides is 1. The predicted molar refractivity (Wildman–Crippen MR) is 96.7 cm³/mol. The topological polar surface area (TPSA) is 58.6 Å². The number of hydrogen-bond donors (Lipinski definition) is 1. The van der Waals surface area contributed by atoms with E-state index >= 15 is 0 Å². The number of nitrogens with zero attached hydrogens (tertiary/aromatic N) is 1. The molecule has 1 aliphatic rings. The highest BCUT2D eigenvalue weighted by Gasteiger charge is 2.29. The number of nitrogens with one attached hydrogen (secondary N) is 1. The number of morpholine rings is 1. The van der Waals surface area contributed by atoms with Crippen molar-refractivity contribution in [3.63, 3.8) is 0 Å². The quantitative estimate of drug-likeness (QED) is 0.852. The number of ether oxygens (including phenoxy) is 1. The van der Waals surface area contributed by atoms with Gasteiger partial charge in [0.15, 0.2) is 5.78 Å². The molecule has 1 fully saturated rings. The fourth-order valence-electron chi connectivity index (χ4n) is 3.03. The SMILES string of the molecule is CC(=O)c1cccc(NC(=O)C(c2ccccc2)N2CCOCC2)c1. The van der Waals surface area contributed by atoms with Crippen molar-refractivity contribution in [2.75, 3.05) is 31.6 Å². The number of Topliss-reactive ketones (excluding diaryl/α,β-unsaturated/α-hetero) is 1. The molecule has 1 saturated heterocycles. The number of carbonyl (C=O) groups is 2. The molecular weight excluding hydrogens is 316 g/mol. The largest absolute Gasteiger partial charge is 0.379 e. The second kappa shape index (κ2) is 8.05. The zero-order valence-corrected chi connectivity index (χ0v) is 14.3. The number of ketones is 1. The highest BCUT2D eigenvalue weighted by atomic mass is 16.5.